The first-order valence-corrected chi connectivity index (χ1v) is 12.4. The van der Waals surface area contributed by atoms with Gasteiger partial charge < -0.3 is 25.4 Å². The zero-order chi connectivity index (χ0) is 25.9. The first-order valence-electron chi connectivity index (χ1n) is 12.4. The van der Waals surface area contributed by atoms with Gasteiger partial charge in [0.2, 0.25) is 0 Å². The minimum Gasteiger partial charge on any atom is -0.489 e. The van der Waals surface area contributed by atoms with Crippen molar-refractivity contribution in [1.82, 2.24) is 14.9 Å². The number of aromatic nitrogens is 2. The summed E-state index contributed by atoms with van der Waals surface area (Å²) in [6.07, 6.45) is -4.48. The number of aryl methyl sites for hydroxylation is 1. The third kappa shape index (κ3) is 4.50. The fourth-order valence-electron chi connectivity index (χ4n) is 5.38. The van der Waals surface area contributed by atoms with Gasteiger partial charge in [0.1, 0.15) is 24.0 Å². The Morgan fingerprint density at radius 2 is 1.86 bits per heavy atom. The van der Waals surface area contributed by atoms with Gasteiger partial charge in [0.15, 0.2) is 0 Å². The minimum atomic E-state index is -4.48. The van der Waals surface area contributed by atoms with E-state index < -0.39 is 17.8 Å². The standard InChI is InChI=1S/C26H29F3N6O2/c1-14(16-5-17(26(27,28)29)7-18(30)6-16)31-25-21-8-23-24(9-22(21)32-15(2)33-25)37-13-19-10-34(3-4-35(19)23)20-11-36-12-20/h5-9,14,19-20H,3-4,10-13,30H2,1-2H3,(H,31,32,33)/t14-,19-/m1/s1. The molecular formula is C26H29F3N6O2. The fourth-order valence-corrected chi connectivity index (χ4v) is 5.38. The zero-order valence-electron chi connectivity index (χ0n) is 20.7. The maximum atomic E-state index is 13.4. The number of nitrogens with one attached hydrogen (secondary N) is 1. The number of nitrogens with zero attached hydrogens (tertiary/aromatic N) is 4. The van der Waals surface area contributed by atoms with E-state index >= 15 is 0 Å². The number of benzene rings is 2. The molecule has 2 aromatic carbocycles. The zero-order valence-corrected chi connectivity index (χ0v) is 20.7. The SMILES string of the molecule is Cc1nc(N[C@H](C)c2cc(N)cc(C(F)(F)F)c2)c2cc3c(cc2n1)OC[C@H]1CN(C2COC2)CCN31. The normalized spacial score (nSPS) is 21.1. The van der Waals surface area contributed by atoms with Gasteiger partial charge in [-0.2, -0.15) is 13.2 Å². The molecule has 0 aliphatic carbocycles. The Morgan fingerprint density at radius 3 is 2.59 bits per heavy atom. The fraction of sp³-hybridized carbons (Fsp3) is 0.462. The van der Waals surface area contributed by atoms with Crippen molar-refractivity contribution in [1.29, 1.82) is 0 Å². The van der Waals surface area contributed by atoms with E-state index in [-0.39, 0.29) is 11.7 Å². The highest BCUT2D eigenvalue weighted by atomic mass is 19.4. The van der Waals surface area contributed by atoms with Crippen LogP contribution in [-0.2, 0) is 10.9 Å². The maximum Gasteiger partial charge on any atom is 0.416 e. The monoisotopic (exact) mass is 514 g/mol. The number of rotatable bonds is 4. The lowest BCUT2D eigenvalue weighted by atomic mass is 10.0. The quantitative estimate of drug-likeness (QED) is 0.506. The van der Waals surface area contributed by atoms with Crippen molar-refractivity contribution in [3.05, 3.63) is 47.3 Å². The number of nitrogens with two attached hydrogens (primary N) is 1. The van der Waals surface area contributed by atoms with Crippen molar-refractivity contribution in [2.45, 2.75) is 38.1 Å². The predicted molar refractivity (Wildman–Crippen MR) is 135 cm³/mol. The maximum absolute atomic E-state index is 13.4. The summed E-state index contributed by atoms with van der Waals surface area (Å²) >= 11 is 0. The van der Waals surface area contributed by atoms with Crippen LogP contribution in [-0.4, -0.2) is 66.4 Å². The lowest BCUT2D eigenvalue weighted by Gasteiger charge is -2.49. The Balaban J connectivity index is 1.32. The molecule has 0 bridgehead atoms. The Hall–Kier alpha value is -3.31. The molecule has 3 aliphatic heterocycles. The molecule has 2 fully saturated rings. The highest BCUT2D eigenvalue weighted by Gasteiger charge is 2.37. The summed E-state index contributed by atoms with van der Waals surface area (Å²) in [5.41, 5.74) is 7.21. The number of halogens is 3. The first kappa shape index (κ1) is 24.1. The molecule has 2 atom stereocenters. The van der Waals surface area contributed by atoms with E-state index in [1.165, 1.54) is 0 Å². The molecule has 0 amide bonds. The molecule has 196 valence electrons. The van der Waals surface area contributed by atoms with Crippen molar-refractivity contribution >= 4 is 28.1 Å². The van der Waals surface area contributed by atoms with E-state index in [1.807, 2.05) is 12.1 Å². The largest absolute Gasteiger partial charge is 0.489 e. The summed E-state index contributed by atoms with van der Waals surface area (Å²) in [6.45, 7) is 8.49. The summed E-state index contributed by atoms with van der Waals surface area (Å²) in [6, 6.07) is 7.82. The van der Waals surface area contributed by atoms with Crippen LogP contribution in [0.5, 0.6) is 5.75 Å². The number of piperazine rings is 1. The lowest BCUT2D eigenvalue weighted by Crippen LogP contribution is -2.62. The van der Waals surface area contributed by atoms with E-state index in [0.717, 1.165) is 61.8 Å². The second kappa shape index (κ2) is 8.91. The van der Waals surface area contributed by atoms with Crippen LogP contribution in [0.1, 0.15) is 29.9 Å². The highest BCUT2D eigenvalue weighted by Crippen LogP contribution is 2.41. The van der Waals surface area contributed by atoms with Gasteiger partial charge in [-0.25, -0.2) is 9.97 Å². The third-order valence-corrected chi connectivity index (χ3v) is 7.44. The average molecular weight is 515 g/mol. The molecule has 6 rings (SSSR count). The summed E-state index contributed by atoms with van der Waals surface area (Å²) in [7, 11) is 0. The van der Waals surface area contributed by atoms with Crippen LogP contribution in [0.25, 0.3) is 10.9 Å². The molecule has 3 aliphatic rings. The first-order chi connectivity index (χ1) is 17.7. The summed E-state index contributed by atoms with van der Waals surface area (Å²) in [5.74, 6) is 1.89. The van der Waals surface area contributed by atoms with Crippen LogP contribution in [0.3, 0.4) is 0 Å². The van der Waals surface area contributed by atoms with E-state index in [1.54, 1.807) is 19.9 Å². The molecule has 0 spiro atoms. The van der Waals surface area contributed by atoms with Gasteiger partial charge in [-0.05, 0) is 43.7 Å². The number of alkyl halides is 3. The molecule has 3 aromatic rings. The second-order valence-electron chi connectivity index (χ2n) is 10.1. The molecule has 37 heavy (non-hydrogen) atoms. The number of hydrogen-bond donors (Lipinski definition) is 2. The second-order valence-corrected chi connectivity index (χ2v) is 10.1. The number of fused-ring (bicyclic) bond motifs is 4. The van der Waals surface area contributed by atoms with Crippen LogP contribution in [0.4, 0.5) is 30.4 Å². The van der Waals surface area contributed by atoms with Gasteiger partial charge in [0.05, 0.1) is 48.1 Å². The number of anilines is 3. The minimum absolute atomic E-state index is 0.0621. The molecule has 8 nitrogen and oxygen atoms in total. The molecule has 4 heterocycles. The summed E-state index contributed by atoms with van der Waals surface area (Å²) in [5, 5.41) is 4.10. The van der Waals surface area contributed by atoms with Crippen LogP contribution in [0, 0.1) is 6.92 Å². The van der Waals surface area contributed by atoms with Gasteiger partial charge in [-0.3, -0.25) is 4.90 Å². The highest BCUT2D eigenvalue weighted by molar-refractivity contribution is 5.94. The van der Waals surface area contributed by atoms with Gasteiger partial charge in [0, 0.05) is 36.8 Å². The molecular weight excluding hydrogens is 485 g/mol. The van der Waals surface area contributed by atoms with Crippen molar-refractivity contribution in [2.24, 2.45) is 0 Å². The van der Waals surface area contributed by atoms with Gasteiger partial charge >= 0.3 is 6.18 Å². The number of nitrogen functional groups attached to an aromatic ring is 1. The Labute approximate surface area is 212 Å². The molecule has 0 saturated carbocycles. The molecule has 0 unspecified atom stereocenters. The van der Waals surface area contributed by atoms with E-state index in [4.69, 9.17) is 15.2 Å². The Bertz CT molecular complexity index is 1350. The summed E-state index contributed by atoms with van der Waals surface area (Å²) < 4.78 is 51.6. The molecule has 2 saturated heterocycles. The Morgan fingerprint density at radius 1 is 1.05 bits per heavy atom. The van der Waals surface area contributed by atoms with Crippen molar-refractivity contribution in [2.75, 3.05) is 55.4 Å². The van der Waals surface area contributed by atoms with E-state index in [2.05, 4.69) is 25.1 Å². The van der Waals surface area contributed by atoms with Crippen molar-refractivity contribution in [3.8, 4) is 5.75 Å². The van der Waals surface area contributed by atoms with Crippen molar-refractivity contribution in [3.63, 3.8) is 0 Å². The van der Waals surface area contributed by atoms with Crippen LogP contribution < -0.4 is 20.7 Å². The van der Waals surface area contributed by atoms with Crippen LogP contribution >= 0.6 is 0 Å². The molecule has 1 aromatic heterocycles. The molecule has 3 N–H and O–H groups in total. The lowest BCUT2D eigenvalue weighted by molar-refractivity contribution is -0.137. The summed E-state index contributed by atoms with van der Waals surface area (Å²) in [4.78, 5) is 14.1. The van der Waals surface area contributed by atoms with Crippen LogP contribution in [0.15, 0.2) is 30.3 Å². The number of ether oxygens (including phenoxy) is 2. The number of hydrogen-bond acceptors (Lipinski definition) is 8. The topological polar surface area (TPSA) is 88.8 Å². The van der Waals surface area contributed by atoms with Crippen molar-refractivity contribution < 1.29 is 22.6 Å². The third-order valence-electron chi connectivity index (χ3n) is 7.44. The predicted octanol–water partition coefficient (Wildman–Crippen LogP) is 3.99. The van der Waals surface area contributed by atoms with Gasteiger partial charge in [-0.1, -0.05) is 0 Å². The van der Waals surface area contributed by atoms with Crippen LogP contribution in [0.2, 0.25) is 0 Å². The van der Waals surface area contributed by atoms with E-state index in [9.17, 15) is 13.2 Å². The van der Waals surface area contributed by atoms with Gasteiger partial charge in [0.25, 0.3) is 0 Å². The smallest absolute Gasteiger partial charge is 0.416 e. The molecule has 11 heteroatoms. The van der Waals surface area contributed by atoms with E-state index in [0.29, 0.717) is 35.4 Å². The van der Waals surface area contributed by atoms with Gasteiger partial charge in [-0.15, -0.1) is 0 Å². The average Bonchev–Trinajstić information content (AvgIpc) is 2.80. The Kier molecular flexibility index (Phi) is 5.79. The molecule has 0 radical (unpaired) electrons.